The Balaban J connectivity index is 0.00000180. The van der Waals surface area contributed by atoms with E-state index in [-0.39, 0.29) is 29.9 Å². The lowest BCUT2D eigenvalue weighted by atomic mass is 10.2. The molecule has 1 aromatic heterocycles. The maximum atomic E-state index is 12.2. The number of sulfonamides is 1. The van der Waals surface area contributed by atoms with E-state index in [9.17, 15) is 8.42 Å². The molecule has 0 aliphatic carbocycles. The SMILES string of the molecule is C[C@@H](CN)NS(=O)(=O)c1cccc2cccnc12.Cl. The van der Waals surface area contributed by atoms with E-state index in [0.717, 1.165) is 5.39 Å². The van der Waals surface area contributed by atoms with Crippen LogP contribution in [0.1, 0.15) is 6.92 Å². The zero-order valence-corrected chi connectivity index (χ0v) is 12.0. The number of para-hydroxylation sites is 1. The fourth-order valence-electron chi connectivity index (χ4n) is 1.67. The molecule has 0 radical (unpaired) electrons. The molecule has 2 rings (SSSR count). The van der Waals surface area contributed by atoms with Crippen LogP contribution in [0.3, 0.4) is 0 Å². The van der Waals surface area contributed by atoms with E-state index in [1.54, 1.807) is 31.3 Å². The van der Waals surface area contributed by atoms with Crippen LogP contribution in [0.25, 0.3) is 10.9 Å². The topological polar surface area (TPSA) is 85.1 Å². The molecule has 19 heavy (non-hydrogen) atoms. The van der Waals surface area contributed by atoms with E-state index >= 15 is 0 Å². The van der Waals surface area contributed by atoms with Gasteiger partial charge in [0.2, 0.25) is 10.0 Å². The number of nitrogens with two attached hydrogens (primary N) is 1. The summed E-state index contributed by atoms with van der Waals surface area (Å²) in [6.07, 6.45) is 1.58. The van der Waals surface area contributed by atoms with Crippen LogP contribution >= 0.6 is 12.4 Å². The summed E-state index contributed by atoms with van der Waals surface area (Å²) in [7, 11) is -3.59. The molecule has 0 bridgehead atoms. The fourth-order valence-corrected chi connectivity index (χ4v) is 3.11. The third kappa shape index (κ3) is 3.42. The van der Waals surface area contributed by atoms with Gasteiger partial charge in [0.1, 0.15) is 4.90 Å². The Kier molecular flexibility index (Phi) is 5.25. The first-order chi connectivity index (χ1) is 8.54. The molecule has 0 aliphatic rings. The van der Waals surface area contributed by atoms with E-state index in [1.165, 1.54) is 0 Å². The smallest absolute Gasteiger partial charge is 0.243 e. The number of fused-ring (bicyclic) bond motifs is 1. The first kappa shape index (κ1) is 15.8. The zero-order chi connectivity index (χ0) is 13.2. The standard InChI is InChI=1S/C12H15N3O2S.ClH/c1-9(8-13)15-18(16,17)11-6-2-4-10-5-3-7-14-12(10)11;/h2-7,9,15H,8,13H2,1H3;1H/t9-;/m0./s1. The minimum Gasteiger partial charge on any atom is -0.329 e. The van der Waals surface area contributed by atoms with Crippen LogP contribution in [0.4, 0.5) is 0 Å². The molecule has 5 nitrogen and oxygen atoms in total. The van der Waals surface area contributed by atoms with Gasteiger partial charge in [-0.25, -0.2) is 13.1 Å². The monoisotopic (exact) mass is 301 g/mol. The molecular weight excluding hydrogens is 286 g/mol. The van der Waals surface area contributed by atoms with Crippen molar-refractivity contribution in [1.82, 2.24) is 9.71 Å². The Morgan fingerprint density at radius 1 is 1.32 bits per heavy atom. The van der Waals surface area contributed by atoms with Gasteiger partial charge in [-0.3, -0.25) is 4.98 Å². The summed E-state index contributed by atoms with van der Waals surface area (Å²) in [6.45, 7) is 1.97. The van der Waals surface area contributed by atoms with Crippen LogP contribution in [0, 0.1) is 0 Å². The van der Waals surface area contributed by atoms with Gasteiger partial charge in [-0.05, 0) is 19.1 Å². The molecule has 1 aromatic carbocycles. The molecule has 0 saturated carbocycles. The maximum Gasteiger partial charge on any atom is 0.243 e. The van der Waals surface area contributed by atoms with Gasteiger partial charge in [-0.2, -0.15) is 0 Å². The van der Waals surface area contributed by atoms with Crippen molar-refractivity contribution >= 4 is 33.3 Å². The van der Waals surface area contributed by atoms with Crippen molar-refractivity contribution in [2.75, 3.05) is 6.54 Å². The molecule has 0 amide bonds. The predicted octanol–water partition coefficient (Wildman–Crippen LogP) is 1.28. The summed E-state index contributed by atoms with van der Waals surface area (Å²) in [5, 5.41) is 0.792. The second kappa shape index (κ2) is 6.29. The molecule has 0 aliphatic heterocycles. The Morgan fingerprint density at radius 3 is 2.68 bits per heavy atom. The third-order valence-corrected chi connectivity index (χ3v) is 4.22. The van der Waals surface area contributed by atoms with E-state index in [1.807, 2.05) is 12.1 Å². The highest BCUT2D eigenvalue weighted by molar-refractivity contribution is 7.89. The van der Waals surface area contributed by atoms with Crippen molar-refractivity contribution in [1.29, 1.82) is 0 Å². The fraction of sp³-hybridized carbons (Fsp3) is 0.250. The molecule has 1 atom stereocenters. The first-order valence-corrected chi connectivity index (χ1v) is 7.09. The lowest BCUT2D eigenvalue weighted by molar-refractivity contribution is 0.563. The number of benzene rings is 1. The third-order valence-electron chi connectivity index (χ3n) is 2.60. The van der Waals surface area contributed by atoms with Gasteiger partial charge in [0.25, 0.3) is 0 Å². The van der Waals surface area contributed by atoms with E-state index in [4.69, 9.17) is 5.73 Å². The Hall–Kier alpha value is -1.21. The molecule has 104 valence electrons. The summed E-state index contributed by atoms with van der Waals surface area (Å²) in [6, 6.07) is 8.36. The van der Waals surface area contributed by atoms with E-state index < -0.39 is 10.0 Å². The summed E-state index contributed by atoms with van der Waals surface area (Å²) in [5.41, 5.74) is 5.90. The largest absolute Gasteiger partial charge is 0.329 e. The number of pyridine rings is 1. The highest BCUT2D eigenvalue weighted by Gasteiger charge is 2.19. The number of rotatable bonds is 4. The molecule has 3 N–H and O–H groups in total. The lowest BCUT2D eigenvalue weighted by Gasteiger charge is -2.13. The number of halogens is 1. The molecule has 0 saturated heterocycles. The molecule has 1 heterocycles. The van der Waals surface area contributed by atoms with Gasteiger partial charge in [0.05, 0.1) is 5.52 Å². The van der Waals surface area contributed by atoms with Crippen molar-refractivity contribution in [3.63, 3.8) is 0 Å². The summed E-state index contributed by atoms with van der Waals surface area (Å²) < 4.78 is 26.9. The van der Waals surface area contributed by atoms with Crippen molar-refractivity contribution in [3.8, 4) is 0 Å². The Morgan fingerprint density at radius 2 is 2.00 bits per heavy atom. The van der Waals surface area contributed by atoms with Gasteiger partial charge in [-0.15, -0.1) is 12.4 Å². The van der Waals surface area contributed by atoms with Crippen molar-refractivity contribution in [2.45, 2.75) is 17.9 Å². The van der Waals surface area contributed by atoms with Crippen LogP contribution in [-0.2, 0) is 10.0 Å². The van der Waals surface area contributed by atoms with Gasteiger partial charge in [-0.1, -0.05) is 18.2 Å². The molecule has 7 heteroatoms. The first-order valence-electron chi connectivity index (χ1n) is 5.61. The Bertz CT molecular complexity index is 656. The number of hydrogen-bond acceptors (Lipinski definition) is 4. The molecular formula is C12H16ClN3O2S. The minimum atomic E-state index is -3.59. The molecule has 2 aromatic rings. The van der Waals surface area contributed by atoms with Crippen LogP contribution in [0.2, 0.25) is 0 Å². The van der Waals surface area contributed by atoms with Gasteiger partial charge in [0.15, 0.2) is 0 Å². The van der Waals surface area contributed by atoms with Crippen LogP contribution in [0.15, 0.2) is 41.4 Å². The summed E-state index contributed by atoms with van der Waals surface area (Å²) >= 11 is 0. The quantitative estimate of drug-likeness (QED) is 0.891. The second-order valence-corrected chi connectivity index (χ2v) is 5.77. The van der Waals surface area contributed by atoms with E-state index in [0.29, 0.717) is 5.52 Å². The minimum absolute atomic E-state index is 0. The average molecular weight is 302 g/mol. The Labute approximate surface area is 118 Å². The zero-order valence-electron chi connectivity index (χ0n) is 10.4. The van der Waals surface area contributed by atoms with Gasteiger partial charge >= 0.3 is 0 Å². The number of aromatic nitrogens is 1. The van der Waals surface area contributed by atoms with Crippen molar-refractivity contribution < 1.29 is 8.42 Å². The van der Waals surface area contributed by atoms with Crippen LogP contribution < -0.4 is 10.5 Å². The molecule has 0 fully saturated rings. The number of nitrogens with zero attached hydrogens (tertiary/aromatic N) is 1. The van der Waals surface area contributed by atoms with Crippen molar-refractivity contribution in [2.24, 2.45) is 5.73 Å². The van der Waals surface area contributed by atoms with Gasteiger partial charge < -0.3 is 5.73 Å². The van der Waals surface area contributed by atoms with Crippen LogP contribution in [0.5, 0.6) is 0 Å². The van der Waals surface area contributed by atoms with E-state index in [2.05, 4.69) is 9.71 Å². The molecule has 0 spiro atoms. The van der Waals surface area contributed by atoms with Crippen LogP contribution in [-0.4, -0.2) is 26.0 Å². The predicted molar refractivity (Wildman–Crippen MR) is 77.8 cm³/mol. The molecule has 0 unspecified atom stereocenters. The number of hydrogen-bond donors (Lipinski definition) is 2. The number of nitrogens with one attached hydrogen (secondary N) is 1. The lowest BCUT2D eigenvalue weighted by Crippen LogP contribution is -2.37. The van der Waals surface area contributed by atoms with Crippen molar-refractivity contribution in [3.05, 3.63) is 36.5 Å². The average Bonchev–Trinajstić information content (AvgIpc) is 2.37. The maximum absolute atomic E-state index is 12.2. The summed E-state index contributed by atoms with van der Waals surface area (Å²) in [4.78, 5) is 4.31. The highest BCUT2D eigenvalue weighted by Crippen LogP contribution is 2.20. The normalized spacial score (nSPS) is 12.9. The summed E-state index contributed by atoms with van der Waals surface area (Å²) in [5.74, 6) is 0. The second-order valence-electron chi connectivity index (χ2n) is 4.09. The highest BCUT2D eigenvalue weighted by atomic mass is 35.5. The van der Waals surface area contributed by atoms with Gasteiger partial charge in [0, 0.05) is 24.2 Å².